The van der Waals surface area contributed by atoms with Crippen molar-refractivity contribution in [1.29, 1.82) is 0 Å². The first-order valence-electron chi connectivity index (χ1n) is 5.80. The van der Waals surface area contributed by atoms with Crippen molar-refractivity contribution >= 4 is 17.3 Å². The predicted octanol–water partition coefficient (Wildman–Crippen LogP) is 1.95. The van der Waals surface area contributed by atoms with E-state index in [1.165, 1.54) is 0 Å². The topological polar surface area (TPSA) is 45.6 Å². The van der Waals surface area contributed by atoms with Gasteiger partial charge in [0, 0.05) is 25.8 Å². The third-order valence-corrected chi connectivity index (χ3v) is 3.43. The summed E-state index contributed by atoms with van der Waals surface area (Å²) in [7, 11) is 1.59. The van der Waals surface area contributed by atoms with Gasteiger partial charge in [-0.3, -0.25) is 0 Å². The van der Waals surface area contributed by atoms with Gasteiger partial charge in [-0.15, -0.1) is 0 Å². The van der Waals surface area contributed by atoms with E-state index in [0.717, 1.165) is 31.6 Å². The summed E-state index contributed by atoms with van der Waals surface area (Å²) in [4.78, 5) is 6.25. The van der Waals surface area contributed by atoms with Crippen LogP contribution in [0.4, 0.5) is 5.69 Å². The Morgan fingerprint density at radius 2 is 2.47 bits per heavy atom. The van der Waals surface area contributed by atoms with Gasteiger partial charge in [-0.05, 0) is 18.8 Å². The highest BCUT2D eigenvalue weighted by Gasteiger charge is 2.21. The van der Waals surface area contributed by atoms with Crippen LogP contribution in [0.2, 0.25) is 5.02 Å². The molecule has 94 valence electrons. The van der Waals surface area contributed by atoms with Crippen LogP contribution < -0.4 is 9.64 Å². The van der Waals surface area contributed by atoms with Crippen LogP contribution in [0.15, 0.2) is 12.3 Å². The van der Waals surface area contributed by atoms with Crippen molar-refractivity contribution in [2.75, 3.05) is 31.7 Å². The number of halogens is 1. The van der Waals surface area contributed by atoms with Crippen LogP contribution in [-0.2, 0) is 0 Å². The summed E-state index contributed by atoms with van der Waals surface area (Å²) < 4.78 is 5.11. The van der Waals surface area contributed by atoms with Crippen LogP contribution in [0.3, 0.4) is 0 Å². The molecule has 1 atom stereocenters. The summed E-state index contributed by atoms with van der Waals surface area (Å²) >= 11 is 6.16. The standard InChI is InChI=1S/C12H17ClN2O2/c1-17-12-5-11(10(13)6-14-12)15-4-2-3-9(7-15)8-16/h5-6,9,16H,2-4,7-8H2,1H3. The summed E-state index contributed by atoms with van der Waals surface area (Å²) in [6.07, 6.45) is 3.76. The minimum absolute atomic E-state index is 0.232. The summed E-state index contributed by atoms with van der Waals surface area (Å²) in [5.74, 6) is 0.898. The number of ether oxygens (including phenoxy) is 1. The van der Waals surface area contributed by atoms with Gasteiger partial charge in [0.1, 0.15) is 0 Å². The Kier molecular flexibility index (Phi) is 4.07. The normalized spacial score (nSPS) is 20.4. The molecule has 1 aliphatic rings. The molecule has 1 unspecified atom stereocenters. The van der Waals surface area contributed by atoms with Crippen LogP contribution in [0.5, 0.6) is 5.88 Å². The lowest BCUT2D eigenvalue weighted by Gasteiger charge is -2.34. The quantitative estimate of drug-likeness (QED) is 0.898. The maximum Gasteiger partial charge on any atom is 0.215 e. The highest BCUT2D eigenvalue weighted by molar-refractivity contribution is 6.33. The first kappa shape index (κ1) is 12.5. The molecule has 0 spiro atoms. The Morgan fingerprint density at radius 3 is 3.18 bits per heavy atom. The lowest BCUT2D eigenvalue weighted by molar-refractivity contribution is 0.208. The van der Waals surface area contributed by atoms with Crippen molar-refractivity contribution in [3.8, 4) is 5.88 Å². The molecule has 1 aliphatic heterocycles. The number of methoxy groups -OCH3 is 1. The van der Waals surface area contributed by atoms with Gasteiger partial charge in [0.25, 0.3) is 0 Å². The highest BCUT2D eigenvalue weighted by atomic mass is 35.5. The number of aliphatic hydroxyl groups is 1. The van der Waals surface area contributed by atoms with Gasteiger partial charge in [-0.1, -0.05) is 11.6 Å². The Hall–Kier alpha value is -1.00. The van der Waals surface area contributed by atoms with Crippen molar-refractivity contribution in [3.05, 3.63) is 17.3 Å². The molecule has 0 bridgehead atoms. The maximum atomic E-state index is 9.23. The number of aliphatic hydroxyl groups excluding tert-OH is 1. The number of hydrogen-bond acceptors (Lipinski definition) is 4. The van der Waals surface area contributed by atoms with Crippen molar-refractivity contribution in [1.82, 2.24) is 4.98 Å². The molecule has 0 amide bonds. The van der Waals surface area contributed by atoms with Crippen LogP contribution in [0.25, 0.3) is 0 Å². The monoisotopic (exact) mass is 256 g/mol. The van der Waals surface area contributed by atoms with E-state index in [2.05, 4.69) is 9.88 Å². The fraction of sp³-hybridized carbons (Fsp3) is 0.583. The highest BCUT2D eigenvalue weighted by Crippen LogP contribution is 2.31. The van der Waals surface area contributed by atoms with E-state index >= 15 is 0 Å². The van der Waals surface area contributed by atoms with Gasteiger partial charge in [-0.2, -0.15) is 0 Å². The van der Waals surface area contributed by atoms with Gasteiger partial charge >= 0.3 is 0 Å². The minimum atomic E-state index is 0.232. The molecule has 0 aliphatic carbocycles. The first-order chi connectivity index (χ1) is 8.24. The van der Waals surface area contributed by atoms with Crippen molar-refractivity contribution in [2.24, 2.45) is 5.92 Å². The molecule has 1 aromatic rings. The van der Waals surface area contributed by atoms with Crippen molar-refractivity contribution in [3.63, 3.8) is 0 Å². The fourth-order valence-electron chi connectivity index (χ4n) is 2.20. The predicted molar refractivity (Wildman–Crippen MR) is 67.8 cm³/mol. The van der Waals surface area contributed by atoms with E-state index in [1.807, 2.05) is 6.07 Å². The Bertz CT molecular complexity index is 387. The lowest BCUT2D eigenvalue weighted by atomic mass is 9.98. The molecule has 1 saturated heterocycles. The molecule has 1 fully saturated rings. The lowest BCUT2D eigenvalue weighted by Crippen LogP contribution is -2.37. The Balaban J connectivity index is 2.20. The van der Waals surface area contributed by atoms with Gasteiger partial charge in [0.05, 0.1) is 24.0 Å². The smallest absolute Gasteiger partial charge is 0.215 e. The van der Waals surface area contributed by atoms with Crippen molar-refractivity contribution < 1.29 is 9.84 Å². The fourth-order valence-corrected chi connectivity index (χ4v) is 2.42. The van der Waals surface area contributed by atoms with Crippen LogP contribution in [-0.4, -0.2) is 36.9 Å². The van der Waals surface area contributed by atoms with E-state index in [9.17, 15) is 5.11 Å². The van der Waals surface area contributed by atoms with E-state index in [-0.39, 0.29) is 6.61 Å². The summed E-state index contributed by atoms with van der Waals surface area (Å²) in [5.41, 5.74) is 0.941. The second kappa shape index (κ2) is 5.56. The van der Waals surface area contributed by atoms with E-state index in [0.29, 0.717) is 16.8 Å². The molecule has 2 heterocycles. The number of pyridine rings is 1. The molecule has 1 aromatic heterocycles. The molecule has 4 nitrogen and oxygen atoms in total. The largest absolute Gasteiger partial charge is 0.481 e. The summed E-state index contributed by atoms with van der Waals surface area (Å²) in [6, 6.07) is 1.85. The second-order valence-corrected chi connectivity index (χ2v) is 4.72. The zero-order chi connectivity index (χ0) is 12.3. The number of nitrogens with zero attached hydrogens (tertiary/aromatic N) is 2. The molecule has 2 rings (SSSR count). The Labute approximate surface area is 106 Å². The van der Waals surface area contributed by atoms with E-state index in [1.54, 1.807) is 13.3 Å². The molecule has 0 aromatic carbocycles. The number of anilines is 1. The minimum Gasteiger partial charge on any atom is -0.481 e. The van der Waals surface area contributed by atoms with Crippen molar-refractivity contribution in [2.45, 2.75) is 12.8 Å². The molecule has 5 heteroatoms. The zero-order valence-corrected chi connectivity index (χ0v) is 10.7. The third kappa shape index (κ3) is 2.82. The third-order valence-electron chi connectivity index (χ3n) is 3.14. The van der Waals surface area contributed by atoms with Gasteiger partial charge < -0.3 is 14.7 Å². The van der Waals surface area contributed by atoms with Crippen LogP contribution in [0, 0.1) is 5.92 Å². The SMILES string of the molecule is COc1cc(N2CCCC(CO)C2)c(Cl)cn1. The molecule has 0 saturated carbocycles. The molecular weight excluding hydrogens is 240 g/mol. The van der Waals surface area contributed by atoms with E-state index in [4.69, 9.17) is 16.3 Å². The van der Waals surface area contributed by atoms with Gasteiger partial charge in [0.2, 0.25) is 5.88 Å². The number of hydrogen-bond donors (Lipinski definition) is 1. The second-order valence-electron chi connectivity index (χ2n) is 4.31. The van der Waals surface area contributed by atoms with Crippen LogP contribution >= 0.6 is 11.6 Å². The molecule has 1 N–H and O–H groups in total. The molecule has 0 radical (unpaired) electrons. The van der Waals surface area contributed by atoms with E-state index < -0.39 is 0 Å². The molecular formula is C12H17ClN2O2. The summed E-state index contributed by atoms with van der Waals surface area (Å²) in [6.45, 7) is 2.03. The first-order valence-corrected chi connectivity index (χ1v) is 6.17. The summed E-state index contributed by atoms with van der Waals surface area (Å²) in [5, 5.41) is 9.86. The average Bonchev–Trinajstić information content (AvgIpc) is 2.39. The number of aromatic nitrogens is 1. The van der Waals surface area contributed by atoms with Crippen LogP contribution in [0.1, 0.15) is 12.8 Å². The number of rotatable bonds is 3. The Morgan fingerprint density at radius 1 is 1.65 bits per heavy atom. The van der Waals surface area contributed by atoms with Gasteiger partial charge in [-0.25, -0.2) is 4.98 Å². The molecule has 17 heavy (non-hydrogen) atoms. The average molecular weight is 257 g/mol. The van der Waals surface area contributed by atoms with Gasteiger partial charge in [0.15, 0.2) is 0 Å². The number of piperidine rings is 1. The zero-order valence-electron chi connectivity index (χ0n) is 9.90. The maximum absolute atomic E-state index is 9.23.